The molecular weight excluding hydrogens is 346 g/mol. The molecule has 6 nitrogen and oxygen atoms in total. The Labute approximate surface area is 161 Å². The molecule has 6 heteroatoms. The number of nitrogens with zero attached hydrogens (tertiary/aromatic N) is 1. The molecule has 0 saturated carbocycles. The van der Waals surface area contributed by atoms with E-state index in [0.717, 1.165) is 37.8 Å². The van der Waals surface area contributed by atoms with E-state index in [1.807, 2.05) is 4.90 Å². The van der Waals surface area contributed by atoms with Crippen molar-refractivity contribution in [3.63, 3.8) is 0 Å². The average Bonchev–Trinajstić information content (AvgIpc) is 2.71. The van der Waals surface area contributed by atoms with Crippen LogP contribution in [-0.4, -0.2) is 50.2 Å². The summed E-state index contributed by atoms with van der Waals surface area (Å²) in [5, 5.41) is 0. The SMILES string of the molecule is C=CCc1cc(C(=O)OCC(=O)N2CCCCC2CC)cc(OC)c1OC. The fourth-order valence-electron chi connectivity index (χ4n) is 3.52. The Kier molecular flexibility index (Phi) is 7.70. The van der Waals surface area contributed by atoms with Crippen molar-refractivity contribution in [1.29, 1.82) is 0 Å². The zero-order chi connectivity index (χ0) is 19.8. The van der Waals surface area contributed by atoms with Crippen LogP contribution in [0.15, 0.2) is 24.8 Å². The largest absolute Gasteiger partial charge is 0.493 e. The van der Waals surface area contributed by atoms with Gasteiger partial charge < -0.3 is 19.1 Å². The number of rotatable bonds is 8. The number of amides is 1. The third kappa shape index (κ3) is 5.02. The third-order valence-corrected chi connectivity index (χ3v) is 4.90. The predicted molar refractivity (Wildman–Crippen MR) is 103 cm³/mol. The first-order valence-electron chi connectivity index (χ1n) is 9.38. The van der Waals surface area contributed by atoms with Crippen molar-refractivity contribution >= 4 is 11.9 Å². The van der Waals surface area contributed by atoms with E-state index in [9.17, 15) is 9.59 Å². The zero-order valence-corrected chi connectivity index (χ0v) is 16.5. The summed E-state index contributed by atoms with van der Waals surface area (Å²) in [6.07, 6.45) is 6.30. The number of likely N-dealkylation sites (tertiary alicyclic amines) is 1. The second-order valence-electron chi connectivity index (χ2n) is 6.58. The first-order chi connectivity index (χ1) is 13.0. The van der Waals surface area contributed by atoms with Gasteiger partial charge in [-0.05, 0) is 44.2 Å². The van der Waals surface area contributed by atoms with Crippen molar-refractivity contribution in [2.24, 2.45) is 0 Å². The van der Waals surface area contributed by atoms with Crippen molar-refractivity contribution in [2.45, 2.75) is 45.1 Å². The number of hydrogen-bond acceptors (Lipinski definition) is 5. The minimum absolute atomic E-state index is 0.137. The number of ether oxygens (including phenoxy) is 3. The molecule has 27 heavy (non-hydrogen) atoms. The van der Waals surface area contributed by atoms with Crippen molar-refractivity contribution < 1.29 is 23.8 Å². The van der Waals surface area contributed by atoms with Gasteiger partial charge in [-0.1, -0.05) is 13.0 Å². The van der Waals surface area contributed by atoms with Gasteiger partial charge in [-0.15, -0.1) is 6.58 Å². The van der Waals surface area contributed by atoms with E-state index >= 15 is 0 Å². The van der Waals surface area contributed by atoms with Crippen LogP contribution in [0.2, 0.25) is 0 Å². The number of esters is 1. The molecule has 1 amide bonds. The second kappa shape index (κ2) is 10.00. The fourth-order valence-corrected chi connectivity index (χ4v) is 3.52. The molecule has 0 N–H and O–H groups in total. The number of hydrogen-bond donors (Lipinski definition) is 0. The van der Waals surface area contributed by atoms with Crippen LogP contribution in [0, 0.1) is 0 Å². The highest BCUT2D eigenvalue weighted by atomic mass is 16.5. The van der Waals surface area contributed by atoms with E-state index in [2.05, 4.69) is 13.5 Å². The lowest BCUT2D eigenvalue weighted by atomic mass is 10.00. The van der Waals surface area contributed by atoms with Gasteiger partial charge in [-0.2, -0.15) is 0 Å². The molecule has 1 aromatic rings. The number of allylic oxidation sites excluding steroid dienone is 1. The van der Waals surface area contributed by atoms with Crippen LogP contribution in [0.1, 0.15) is 48.5 Å². The molecule has 2 rings (SSSR count). The Morgan fingerprint density at radius 3 is 2.67 bits per heavy atom. The molecule has 1 aromatic carbocycles. The number of piperidine rings is 1. The normalized spacial score (nSPS) is 16.6. The Balaban J connectivity index is 2.09. The maximum Gasteiger partial charge on any atom is 0.338 e. The molecule has 1 aliphatic rings. The fraction of sp³-hybridized carbons (Fsp3) is 0.524. The lowest BCUT2D eigenvalue weighted by molar-refractivity contribution is -0.138. The molecule has 1 fully saturated rings. The first-order valence-corrected chi connectivity index (χ1v) is 9.38. The van der Waals surface area contributed by atoms with Crippen molar-refractivity contribution in [3.05, 3.63) is 35.9 Å². The minimum atomic E-state index is -0.556. The quantitative estimate of drug-likeness (QED) is 0.515. The molecule has 1 heterocycles. The zero-order valence-electron chi connectivity index (χ0n) is 16.5. The molecule has 0 aliphatic carbocycles. The van der Waals surface area contributed by atoms with Gasteiger partial charge in [0.1, 0.15) is 0 Å². The number of methoxy groups -OCH3 is 2. The summed E-state index contributed by atoms with van der Waals surface area (Å²) >= 11 is 0. The summed E-state index contributed by atoms with van der Waals surface area (Å²) in [6, 6.07) is 3.49. The number of benzene rings is 1. The van der Waals surface area contributed by atoms with Crippen molar-refractivity contribution in [3.8, 4) is 11.5 Å². The molecule has 0 spiro atoms. The van der Waals surface area contributed by atoms with E-state index in [1.54, 1.807) is 25.3 Å². The highest BCUT2D eigenvalue weighted by Crippen LogP contribution is 2.33. The molecule has 0 aromatic heterocycles. The molecule has 1 saturated heterocycles. The number of carbonyl (C=O) groups excluding carboxylic acids is 2. The standard InChI is InChI=1S/C21H29NO5/c1-5-9-15-12-16(13-18(25-3)20(15)26-4)21(24)27-14-19(23)22-11-8-7-10-17(22)6-2/h5,12-13,17H,1,6-11,14H2,2-4H3. The predicted octanol–water partition coefficient (Wildman–Crippen LogP) is 3.38. The summed E-state index contributed by atoms with van der Waals surface area (Å²) in [5.41, 5.74) is 1.09. The maximum atomic E-state index is 12.5. The maximum absolute atomic E-state index is 12.5. The van der Waals surface area contributed by atoms with Gasteiger partial charge in [-0.3, -0.25) is 4.79 Å². The van der Waals surface area contributed by atoms with E-state index < -0.39 is 5.97 Å². The summed E-state index contributed by atoms with van der Waals surface area (Å²) in [7, 11) is 3.05. The van der Waals surface area contributed by atoms with Crippen LogP contribution < -0.4 is 9.47 Å². The third-order valence-electron chi connectivity index (χ3n) is 4.90. The van der Waals surface area contributed by atoms with Crippen LogP contribution in [0.3, 0.4) is 0 Å². The molecule has 0 bridgehead atoms. The van der Waals surface area contributed by atoms with Gasteiger partial charge in [0.2, 0.25) is 0 Å². The van der Waals surface area contributed by atoms with Gasteiger partial charge in [-0.25, -0.2) is 4.79 Å². The minimum Gasteiger partial charge on any atom is -0.493 e. The van der Waals surface area contributed by atoms with Gasteiger partial charge in [0.25, 0.3) is 5.91 Å². The molecule has 0 radical (unpaired) electrons. The van der Waals surface area contributed by atoms with Gasteiger partial charge in [0.15, 0.2) is 18.1 Å². The van der Waals surface area contributed by atoms with Crippen LogP contribution in [0.25, 0.3) is 0 Å². The topological polar surface area (TPSA) is 65.1 Å². The van der Waals surface area contributed by atoms with Crippen LogP contribution in [0.5, 0.6) is 11.5 Å². The van der Waals surface area contributed by atoms with Crippen LogP contribution >= 0.6 is 0 Å². The Bertz CT molecular complexity index is 685. The van der Waals surface area contributed by atoms with Crippen molar-refractivity contribution in [1.82, 2.24) is 4.90 Å². The van der Waals surface area contributed by atoms with Gasteiger partial charge in [0.05, 0.1) is 19.8 Å². The molecule has 1 unspecified atom stereocenters. The Morgan fingerprint density at radius 2 is 2.04 bits per heavy atom. The van der Waals surface area contributed by atoms with Gasteiger partial charge in [0, 0.05) is 18.2 Å². The number of carbonyl (C=O) groups is 2. The lowest BCUT2D eigenvalue weighted by Crippen LogP contribution is -2.45. The van der Waals surface area contributed by atoms with Crippen molar-refractivity contribution in [2.75, 3.05) is 27.4 Å². The first kappa shape index (κ1) is 20.8. The highest BCUT2D eigenvalue weighted by Gasteiger charge is 2.26. The second-order valence-corrected chi connectivity index (χ2v) is 6.58. The summed E-state index contributed by atoms with van der Waals surface area (Å²) in [5.74, 6) is 0.308. The van der Waals surface area contributed by atoms with Gasteiger partial charge >= 0.3 is 5.97 Å². The highest BCUT2D eigenvalue weighted by molar-refractivity contribution is 5.92. The lowest BCUT2D eigenvalue weighted by Gasteiger charge is -2.35. The summed E-state index contributed by atoms with van der Waals surface area (Å²) in [4.78, 5) is 26.8. The van der Waals surface area contributed by atoms with E-state index in [1.165, 1.54) is 7.11 Å². The van der Waals surface area contributed by atoms with E-state index in [0.29, 0.717) is 23.5 Å². The summed E-state index contributed by atoms with van der Waals surface area (Å²) < 4.78 is 16.0. The van der Waals surface area contributed by atoms with Crippen LogP contribution in [-0.2, 0) is 16.0 Å². The summed E-state index contributed by atoms with van der Waals surface area (Å²) in [6.45, 7) is 6.28. The van der Waals surface area contributed by atoms with E-state index in [-0.39, 0.29) is 18.6 Å². The van der Waals surface area contributed by atoms with E-state index in [4.69, 9.17) is 14.2 Å². The Morgan fingerprint density at radius 1 is 1.26 bits per heavy atom. The molecule has 1 aliphatic heterocycles. The monoisotopic (exact) mass is 375 g/mol. The molecular formula is C21H29NO5. The smallest absolute Gasteiger partial charge is 0.338 e. The van der Waals surface area contributed by atoms with Crippen LogP contribution in [0.4, 0.5) is 0 Å². The Hall–Kier alpha value is -2.50. The molecule has 148 valence electrons. The molecule has 1 atom stereocenters. The average molecular weight is 375 g/mol.